The first kappa shape index (κ1) is 28.3. The fraction of sp³-hybridized carbons (Fsp3) is 0.233. The highest BCUT2D eigenvalue weighted by Crippen LogP contribution is 2.45. The Morgan fingerprint density at radius 3 is 2.71 bits per heavy atom. The number of benzene rings is 3. The third kappa shape index (κ3) is 5.93. The largest absolute Gasteiger partial charge is 0.493 e. The van der Waals surface area contributed by atoms with Crippen LogP contribution in [0.25, 0.3) is 0 Å². The molecule has 0 saturated carbocycles. The van der Waals surface area contributed by atoms with Gasteiger partial charge in [-0.05, 0) is 75.8 Å². The Balaban J connectivity index is 1.34. The number of rotatable bonds is 8. The van der Waals surface area contributed by atoms with E-state index in [0.29, 0.717) is 52.0 Å². The molecule has 2 heterocycles. The van der Waals surface area contributed by atoms with Crippen molar-refractivity contribution in [1.82, 2.24) is 14.8 Å². The lowest BCUT2D eigenvalue weighted by Crippen LogP contribution is -2.31. The molecular formula is C30H25Br2ClN4O3S. The summed E-state index contributed by atoms with van der Waals surface area (Å²) in [4.78, 5) is 18.1. The van der Waals surface area contributed by atoms with Gasteiger partial charge in [0.15, 0.2) is 17.3 Å². The normalized spacial score (nSPS) is 16.2. The summed E-state index contributed by atoms with van der Waals surface area (Å²) in [6.45, 7) is 0.377. The number of ketones is 1. The average molecular weight is 717 g/mol. The van der Waals surface area contributed by atoms with Crippen molar-refractivity contribution in [3.63, 3.8) is 0 Å². The van der Waals surface area contributed by atoms with Crippen molar-refractivity contribution in [2.24, 2.45) is 0 Å². The van der Waals surface area contributed by atoms with Gasteiger partial charge in [-0.3, -0.25) is 4.79 Å². The number of fused-ring (bicyclic) bond motifs is 1. The molecule has 0 radical (unpaired) electrons. The molecule has 41 heavy (non-hydrogen) atoms. The van der Waals surface area contributed by atoms with Crippen LogP contribution < -0.4 is 14.8 Å². The van der Waals surface area contributed by atoms with E-state index in [1.165, 1.54) is 11.8 Å². The third-order valence-electron chi connectivity index (χ3n) is 7.03. The summed E-state index contributed by atoms with van der Waals surface area (Å²) < 4.78 is 15.5. The fourth-order valence-electron chi connectivity index (χ4n) is 5.04. The van der Waals surface area contributed by atoms with Crippen LogP contribution in [0.15, 0.2) is 86.0 Å². The van der Waals surface area contributed by atoms with E-state index < -0.39 is 6.04 Å². The Labute approximate surface area is 263 Å². The predicted molar refractivity (Wildman–Crippen MR) is 168 cm³/mol. The van der Waals surface area contributed by atoms with Gasteiger partial charge in [-0.2, -0.15) is 4.98 Å². The molecule has 0 fully saturated rings. The fourth-order valence-corrected chi connectivity index (χ4v) is 6.99. The van der Waals surface area contributed by atoms with Gasteiger partial charge >= 0.3 is 0 Å². The first-order valence-electron chi connectivity index (χ1n) is 13.0. The van der Waals surface area contributed by atoms with Gasteiger partial charge in [0.05, 0.1) is 11.6 Å². The highest BCUT2D eigenvalue weighted by Gasteiger charge is 2.37. The Morgan fingerprint density at radius 1 is 1.12 bits per heavy atom. The Bertz CT molecular complexity index is 1660. The molecule has 4 aromatic rings. The minimum atomic E-state index is -0.457. The molecule has 2 aliphatic rings. The van der Waals surface area contributed by atoms with Crippen molar-refractivity contribution in [3.05, 3.63) is 103 Å². The van der Waals surface area contributed by atoms with Crippen LogP contribution in [0.4, 0.5) is 5.95 Å². The molecule has 7 nitrogen and oxygen atoms in total. The van der Waals surface area contributed by atoms with Crippen molar-refractivity contribution in [2.75, 3.05) is 12.4 Å². The highest BCUT2D eigenvalue weighted by atomic mass is 79.9. The van der Waals surface area contributed by atoms with Crippen LogP contribution in [-0.2, 0) is 17.2 Å². The zero-order chi connectivity index (χ0) is 28.5. The molecule has 1 aromatic heterocycles. The number of Topliss-reactive ketones (excluding diaryl/α,β-unsaturated/α-hetero) is 1. The number of ether oxygens (including phenoxy) is 2. The number of hydrogen-bond acceptors (Lipinski definition) is 7. The van der Waals surface area contributed by atoms with Crippen molar-refractivity contribution in [1.29, 1.82) is 0 Å². The van der Waals surface area contributed by atoms with E-state index in [0.717, 1.165) is 44.2 Å². The minimum Gasteiger partial charge on any atom is -0.493 e. The Hall–Kier alpha value is -2.79. The van der Waals surface area contributed by atoms with Gasteiger partial charge in [0.2, 0.25) is 11.1 Å². The molecule has 1 N–H and O–H groups in total. The summed E-state index contributed by atoms with van der Waals surface area (Å²) in [5.74, 6) is 2.50. The molecule has 0 saturated heterocycles. The van der Waals surface area contributed by atoms with E-state index in [4.69, 9.17) is 31.2 Å². The molecule has 1 aliphatic carbocycles. The number of hydrogen-bond donors (Lipinski definition) is 1. The van der Waals surface area contributed by atoms with Gasteiger partial charge in [0, 0.05) is 32.9 Å². The van der Waals surface area contributed by atoms with Crippen LogP contribution in [-0.4, -0.2) is 27.7 Å². The van der Waals surface area contributed by atoms with Crippen molar-refractivity contribution >= 4 is 67.0 Å². The number of carbonyl (C=O) groups is 1. The van der Waals surface area contributed by atoms with Crippen LogP contribution in [0.5, 0.6) is 11.5 Å². The SMILES string of the molecule is COc1cc(C2C3=C(CCCC3=O)Nc3nc(SCc4ccccc4Cl)nn32)cc(Br)c1OCc1ccc(Br)cc1. The second-order valence-electron chi connectivity index (χ2n) is 9.69. The number of nitrogens with zero attached hydrogens (tertiary/aromatic N) is 3. The van der Waals surface area contributed by atoms with Gasteiger partial charge in [-0.25, -0.2) is 4.68 Å². The summed E-state index contributed by atoms with van der Waals surface area (Å²) >= 11 is 15.0. The van der Waals surface area contributed by atoms with E-state index >= 15 is 0 Å². The van der Waals surface area contributed by atoms with Crippen LogP contribution in [0.2, 0.25) is 5.02 Å². The van der Waals surface area contributed by atoms with Crippen LogP contribution in [0.1, 0.15) is 42.0 Å². The molecule has 0 spiro atoms. The zero-order valence-corrected chi connectivity index (χ0v) is 26.7. The molecule has 1 atom stereocenters. The predicted octanol–water partition coefficient (Wildman–Crippen LogP) is 8.36. The Morgan fingerprint density at radius 2 is 1.93 bits per heavy atom. The maximum Gasteiger partial charge on any atom is 0.227 e. The second kappa shape index (κ2) is 12.2. The van der Waals surface area contributed by atoms with Gasteiger partial charge in [-0.1, -0.05) is 69.6 Å². The number of carbonyl (C=O) groups excluding carboxylic acids is 1. The maximum absolute atomic E-state index is 13.3. The van der Waals surface area contributed by atoms with Crippen molar-refractivity contribution in [2.45, 2.75) is 42.8 Å². The summed E-state index contributed by atoms with van der Waals surface area (Å²) in [7, 11) is 1.61. The molecule has 1 unspecified atom stereocenters. The molecule has 11 heteroatoms. The second-order valence-corrected chi connectivity index (χ2v) is 12.8. The first-order valence-corrected chi connectivity index (χ1v) is 16.0. The monoisotopic (exact) mass is 714 g/mol. The smallest absolute Gasteiger partial charge is 0.227 e. The number of nitrogens with one attached hydrogen (secondary N) is 1. The maximum atomic E-state index is 13.3. The molecular weight excluding hydrogens is 692 g/mol. The van der Waals surface area contributed by atoms with Crippen molar-refractivity contribution in [3.8, 4) is 11.5 Å². The van der Waals surface area contributed by atoms with Gasteiger partial charge in [-0.15, -0.1) is 5.10 Å². The van der Waals surface area contributed by atoms with E-state index in [1.807, 2.05) is 60.7 Å². The standard InChI is InChI=1S/C30H25Br2ClN4O3S/c1-39-25-14-19(13-21(32)28(25)40-15-17-9-11-20(31)12-10-17)27-26-23(7-4-8-24(26)38)34-29-35-30(36-37(27)29)41-16-18-5-2-3-6-22(18)33/h2-3,5-6,9-14,27H,4,7-8,15-16H2,1H3,(H,34,35,36). The van der Waals surface area contributed by atoms with Crippen LogP contribution >= 0.6 is 55.2 Å². The topological polar surface area (TPSA) is 78.3 Å². The Kier molecular flexibility index (Phi) is 8.44. The summed E-state index contributed by atoms with van der Waals surface area (Å²) in [5.41, 5.74) is 4.51. The number of anilines is 1. The molecule has 0 bridgehead atoms. The van der Waals surface area contributed by atoms with Gasteiger partial charge < -0.3 is 14.8 Å². The zero-order valence-electron chi connectivity index (χ0n) is 22.0. The van der Waals surface area contributed by atoms with E-state index in [2.05, 4.69) is 37.2 Å². The van der Waals surface area contributed by atoms with Gasteiger partial charge in [0.1, 0.15) is 12.6 Å². The molecule has 210 valence electrons. The number of thioether (sulfide) groups is 1. The number of aromatic nitrogens is 3. The first-order chi connectivity index (χ1) is 19.9. The van der Waals surface area contributed by atoms with Crippen molar-refractivity contribution < 1.29 is 14.3 Å². The van der Waals surface area contributed by atoms with E-state index in [-0.39, 0.29) is 5.78 Å². The number of allylic oxidation sites excluding steroid dienone is 2. The lowest BCUT2D eigenvalue weighted by molar-refractivity contribution is -0.116. The van der Waals surface area contributed by atoms with Crippen LogP contribution in [0, 0.1) is 0 Å². The molecule has 1 aliphatic heterocycles. The molecule has 6 rings (SSSR count). The lowest BCUT2D eigenvalue weighted by Gasteiger charge is -2.32. The minimum absolute atomic E-state index is 0.112. The third-order valence-corrected chi connectivity index (χ3v) is 9.40. The molecule has 3 aromatic carbocycles. The van der Waals surface area contributed by atoms with Gasteiger partial charge in [0.25, 0.3) is 0 Å². The average Bonchev–Trinajstić information content (AvgIpc) is 3.38. The van der Waals surface area contributed by atoms with E-state index in [9.17, 15) is 4.79 Å². The summed E-state index contributed by atoms with van der Waals surface area (Å²) in [6.07, 6.45) is 2.08. The van der Waals surface area contributed by atoms with E-state index in [1.54, 1.807) is 11.8 Å². The molecule has 0 amide bonds. The summed E-state index contributed by atoms with van der Waals surface area (Å²) in [5, 5.41) is 9.56. The summed E-state index contributed by atoms with van der Waals surface area (Å²) in [6, 6.07) is 19.2. The quantitative estimate of drug-likeness (QED) is 0.184. The number of halogens is 3. The highest BCUT2D eigenvalue weighted by molar-refractivity contribution is 9.10. The lowest BCUT2D eigenvalue weighted by atomic mass is 9.85. The number of methoxy groups -OCH3 is 1. The van der Waals surface area contributed by atoms with Crippen LogP contribution in [0.3, 0.4) is 0 Å².